The van der Waals surface area contributed by atoms with Gasteiger partial charge in [-0.2, -0.15) is 0 Å². The summed E-state index contributed by atoms with van der Waals surface area (Å²) in [7, 11) is 0. The summed E-state index contributed by atoms with van der Waals surface area (Å²) in [6.07, 6.45) is 9.85. The maximum Gasteiger partial charge on any atom is 0.161 e. The van der Waals surface area contributed by atoms with E-state index in [1.54, 1.807) is 11.8 Å². The van der Waals surface area contributed by atoms with Crippen LogP contribution in [0, 0.1) is 0 Å². The smallest absolute Gasteiger partial charge is 0.161 e. The van der Waals surface area contributed by atoms with Crippen molar-refractivity contribution in [1.82, 2.24) is 14.6 Å². The third-order valence-electron chi connectivity index (χ3n) is 5.02. The Bertz CT molecular complexity index is 881. The number of nitrogens with zero attached hydrogens (tertiary/aromatic N) is 3. The monoisotopic (exact) mass is 405 g/mol. The number of hydrogen-bond donors (Lipinski definition) is 0. The summed E-state index contributed by atoms with van der Waals surface area (Å²) in [5.74, 6) is 2.45. The summed E-state index contributed by atoms with van der Waals surface area (Å²) in [6.45, 7) is 0. The average molecular weight is 406 g/mol. The minimum absolute atomic E-state index is 0.537. The van der Waals surface area contributed by atoms with Crippen molar-refractivity contribution in [2.75, 3.05) is 0 Å². The van der Waals surface area contributed by atoms with Gasteiger partial charge in [0.1, 0.15) is 5.82 Å². The third kappa shape index (κ3) is 3.88. The topological polar surface area (TPSA) is 30.2 Å². The first kappa shape index (κ1) is 18.1. The molecule has 0 N–H and O–H groups in total. The van der Waals surface area contributed by atoms with Crippen molar-refractivity contribution in [3.05, 3.63) is 58.0 Å². The van der Waals surface area contributed by atoms with Gasteiger partial charge in [-0.1, -0.05) is 55.0 Å². The molecular weight excluding hydrogens is 385 g/mol. The SMILES string of the molecule is Clc1cccc(Cl)c1SCc1ccn2c(C3CCCCCC3)nnc2c1. The molecule has 26 heavy (non-hydrogen) atoms. The van der Waals surface area contributed by atoms with Gasteiger partial charge in [0.2, 0.25) is 0 Å². The molecule has 3 nitrogen and oxygen atoms in total. The van der Waals surface area contributed by atoms with E-state index in [9.17, 15) is 0 Å². The molecule has 0 atom stereocenters. The van der Waals surface area contributed by atoms with Gasteiger partial charge in [0.25, 0.3) is 0 Å². The highest BCUT2D eigenvalue weighted by atomic mass is 35.5. The molecule has 0 unspecified atom stereocenters. The Morgan fingerprint density at radius 2 is 1.73 bits per heavy atom. The Morgan fingerprint density at radius 1 is 1.00 bits per heavy atom. The molecule has 0 amide bonds. The quantitative estimate of drug-likeness (QED) is 0.354. The lowest BCUT2D eigenvalue weighted by atomic mass is 10.00. The van der Waals surface area contributed by atoms with Gasteiger partial charge < -0.3 is 0 Å². The van der Waals surface area contributed by atoms with E-state index in [-0.39, 0.29) is 0 Å². The van der Waals surface area contributed by atoms with Crippen LogP contribution in [0.5, 0.6) is 0 Å². The number of benzene rings is 1. The van der Waals surface area contributed by atoms with Gasteiger partial charge >= 0.3 is 0 Å². The Balaban J connectivity index is 1.53. The largest absolute Gasteiger partial charge is 0.286 e. The second kappa shape index (κ2) is 8.20. The van der Waals surface area contributed by atoms with Crippen LogP contribution in [-0.4, -0.2) is 14.6 Å². The predicted octanol–water partition coefficient (Wildman–Crippen LogP) is 6.77. The lowest BCUT2D eigenvalue weighted by Gasteiger charge is -2.12. The minimum Gasteiger partial charge on any atom is -0.286 e. The minimum atomic E-state index is 0.537. The van der Waals surface area contributed by atoms with E-state index < -0.39 is 0 Å². The van der Waals surface area contributed by atoms with E-state index in [0.29, 0.717) is 16.0 Å². The molecule has 1 fully saturated rings. The molecule has 3 aromatic rings. The summed E-state index contributed by atoms with van der Waals surface area (Å²) in [4.78, 5) is 0.927. The van der Waals surface area contributed by atoms with Gasteiger partial charge in [0.15, 0.2) is 5.65 Å². The molecule has 1 aliphatic rings. The maximum absolute atomic E-state index is 6.26. The van der Waals surface area contributed by atoms with Crippen molar-refractivity contribution < 1.29 is 0 Å². The fourth-order valence-corrected chi connectivity index (χ4v) is 5.26. The highest BCUT2D eigenvalue weighted by molar-refractivity contribution is 7.98. The molecule has 1 aromatic carbocycles. The fourth-order valence-electron chi connectivity index (χ4n) is 3.63. The molecule has 1 aliphatic carbocycles. The van der Waals surface area contributed by atoms with E-state index in [1.165, 1.54) is 44.1 Å². The first-order valence-corrected chi connectivity index (χ1v) is 10.9. The summed E-state index contributed by atoms with van der Waals surface area (Å²) >= 11 is 14.2. The Morgan fingerprint density at radius 3 is 2.46 bits per heavy atom. The van der Waals surface area contributed by atoms with Gasteiger partial charge in [0.05, 0.1) is 10.0 Å². The Hall–Kier alpha value is -1.23. The zero-order chi connectivity index (χ0) is 17.9. The second-order valence-corrected chi connectivity index (χ2v) is 8.65. The van der Waals surface area contributed by atoms with Gasteiger partial charge in [0, 0.05) is 22.8 Å². The molecular formula is C20H21Cl2N3S. The first-order valence-electron chi connectivity index (χ1n) is 9.13. The van der Waals surface area contributed by atoms with Crippen LogP contribution >= 0.6 is 35.0 Å². The molecule has 0 bridgehead atoms. The third-order valence-corrected chi connectivity index (χ3v) is 7.08. The van der Waals surface area contributed by atoms with E-state index in [4.69, 9.17) is 23.2 Å². The normalized spacial score (nSPS) is 16.1. The highest BCUT2D eigenvalue weighted by Gasteiger charge is 2.20. The molecule has 6 heteroatoms. The van der Waals surface area contributed by atoms with Crippen LogP contribution in [0.2, 0.25) is 10.0 Å². The zero-order valence-electron chi connectivity index (χ0n) is 14.5. The number of aromatic nitrogens is 3. The molecule has 0 radical (unpaired) electrons. The standard InChI is InChI=1S/C20H21Cl2N3S/c21-16-8-5-9-17(22)19(16)26-13-14-10-11-25-18(12-14)23-24-20(25)15-6-3-1-2-4-7-15/h5,8-12,15H,1-4,6-7,13H2. The molecule has 1 saturated carbocycles. The van der Waals surface area contributed by atoms with E-state index in [2.05, 4.69) is 32.9 Å². The fraction of sp³-hybridized carbons (Fsp3) is 0.400. The highest BCUT2D eigenvalue weighted by Crippen LogP contribution is 2.36. The van der Waals surface area contributed by atoms with Gasteiger partial charge in [-0.05, 0) is 42.7 Å². The van der Waals surface area contributed by atoms with Crippen LogP contribution in [-0.2, 0) is 5.75 Å². The van der Waals surface area contributed by atoms with Crippen LogP contribution in [0.15, 0.2) is 41.4 Å². The average Bonchev–Trinajstić information content (AvgIpc) is 2.86. The summed E-state index contributed by atoms with van der Waals surface area (Å²) in [5, 5.41) is 10.3. The molecule has 2 heterocycles. The Labute approximate surface area is 168 Å². The van der Waals surface area contributed by atoms with Crippen molar-refractivity contribution in [2.45, 2.75) is 55.1 Å². The predicted molar refractivity (Wildman–Crippen MR) is 109 cm³/mol. The van der Waals surface area contributed by atoms with Crippen LogP contribution in [0.4, 0.5) is 0 Å². The number of pyridine rings is 1. The van der Waals surface area contributed by atoms with Gasteiger partial charge in [-0.3, -0.25) is 4.40 Å². The summed E-state index contributed by atoms with van der Waals surface area (Å²) in [6, 6.07) is 9.87. The summed E-state index contributed by atoms with van der Waals surface area (Å²) < 4.78 is 2.16. The number of thioether (sulfide) groups is 1. The van der Waals surface area contributed by atoms with Crippen molar-refractivity contribution in [1.29, 1.82) is 0 Å². The molecule has 4 rings (SSSR count). The molecule has 0 aliphatic heterocycles. The van der Waals surface area contributed by atoms with Gasteiger partial charge in [-0.25, -0.2) is 0 Å². The molecule has 2 aromatic heterocycles. The summed E-state index contributed by atoms with van der Waals surface area (Å²) in [5.41, 5.74) is 2.12. The lowest BCUT2D eigenvalue weighted by Crippen LogP contribution is -2.03. The lowest BCUT2D eigenvalue weighted by molar-refractivity contribution is 0.555. The van der Waals surface area contributed by atoms with Crippen LogP contribution in [0.3, 0.4) is 0 Å². The van der Waals surface area contributed by atoms with E-state index in [1.807, 2.05) is 18.2 Å². The second-order valence-electron chi connectivity index (χ2n) is 6.85. The van der Waals surface area contributed by atoms with Crippen molar-refractivity contribution in [3.63, 3.8) is 0 Å². The van der Waals surface area contributed by atoms with Crippen LogP contribution in [0.1, 0.15) is 55.8 Å². The number of halogens is 2. The van der Waals surface area contributed by atoms with Gasteiger partial charge in [-0.15, -0.1) is 22.0 Å². The van der Waals surface area contributed by atoms with E-state index >= 15 is 0 Å². The van der Waals surface area contributed by atoms with Crippen molar-refractivity contribution in [2.24, 2.45) is 0 Å². The molecule has 0 spiro atoms. The number of hydrogen-bond acceptors (Lipinski definition) is 3. The number of rotatable bonds is 4. The van der Waals surface area contributed by atoms with Crippen molar-refractivity contribution in [3.8, 4) is 0 Å². The van der Waals surface area contributed by atoms with Crippen molar-refractivity contribution >= 4 is 40.6 Å². The molecule has 136 valence electrons. The van der Waals surface area contributed by atoms with E-state index in [0.717, 1.165) is 22.1 Å². The molecule has 0 saturated heterocycles. The van der Waals surface area contributed by atoms with Crippen LogP contribution in [0.25, 0.3) is 5.65 Å². The Kier molecular flexibility index (Phi) is 5.72. The maximum atomic E-state index is 6.26. The zero-order valence-corrected chi connectivity index (χ0v) is 16.8. The number of fused-ring (bicyclic) bond motifs is 1. The van der Waals surface area contributed by atoms with Crippen LogP contribution < -0.4 is 0 Å². The first-order chi connectivity index (χ1) is 12.7.